The number of para-hydroxylation sites is 1. The van der Waals surface area contributed by atoms with E-state index >= 15 is 0 Å². The van der Waals surface area contributed by atoms with Gasteiger partial charge in [0.05, 0.1) is 12.2 Å². The first-order chi connectivity index (χ1) is 13.6. The van der Waals surface area contributed by atoms with Crippen molar-refractivity contribution in [2.24, 2.45) is 0 Å². The summed E-state index contributed by atoms with van der Waals surface area (Å²) in [5, 5.41) is 0. The van der Waals surface area contributed by atoms with Gasteiger partial charge in [0.15, 0.2) is 0 Å². The number of rotatable bonds is 6. The van der Waals surface area contributed by atoms with Crippen LogP contribution < -0.4 is 4.74 Å². The normalized spacial score (nSPS) is 14.1. The average molecular weight is 445 g/mol. The second-order valence-electron chi connectivity index (χ2n) is 6.73. The van der Waals surface area contributed by atoms with E-state index in [0.29, 0.717) is 50.5 Å². The summed E-state index contributed by atoms with van der Waals surface area (Å²) in [4.78, 5) is 29.0. The van der Waals surface area contributed by atoms with E-state index in [1.165, 1.54) is 0 Å². The molecule has 1 aliphatic heterocycles. The molecule has 2 aromatic rings. The number of carbonyl (C=O) groups is 2. The molecule has 1 fully saturated rings. The molecule has 6 heteroatoms. The molecule has 0 unspecified atom stereocenters. The molecule has 0 atom stereocenters. The van der Waals surface area contributed by atoms with Gasteiger partial charge in [0.25, 0.3) is 5.91 Å². The maximum absolute atomic E-state index is 12.9. The smallest absolute Gasteiger partial charge is 0.257 e. The molecule has 28 heavy (non-hydrogen) atoms. The summed E-state index contributed by atoms with van der Waals surface area (Å²) in [7, 11) is 0. The second kappa shape index (κ2) is 9.73. The SMILES string of the molecule is CCOc1ccccc1C(=O)N1CCN(C(=O)CCc2cccc(Br)c2)CC1. The molecule has 2 aromatic carbocycles. The van der Waals surface area contributed by atoms with Crippen LogP contribution in [0.15, 0.2) is 53.0 Å². The number of hydrogen-bond donors (Lipinski definition) is 0. The molecule has 2 amide bonds. The summed E-state index contributed by atoms with van der Waals surface area (Å²) in [6.45, 7) is 4.65. The van der Waals surface area contributed by atoms with E-state index in [0.717, 1.165) is 16.5 Å². The zero-order valence-corrected chi connectivity index (χ0v) is 17.7. The average Bonchev–Trinajstić information content (AvgIpc) is 2.72. The first-order valence-electron chi connectivity index (χ1n) is 9.62. The third kappa shape index (κ3) is 5.13. The highest BCUT2D eigenvalue weighted by Gasteiger charge is 2.26. The number of nitrogens with zero attached hydrogens (tertiary/aromatic N) is 2. The van der Waals surface area contributed by atoms with Crippen molar-refractivity contribution in [3.8, 4) is 5.75 Å². The van der Waals surface area contributed by atoms with Crippen LogP contribution in [-0.2, 0) is 11.2 Å². The lowest BCUT2D eigenvalue weighted by atomic mass is 10.1. The van der Waals surface area contributed by atoms with E-state index in [-0.39, 0.29) is 11.8 Å². The maximum atomic E-state index is 12.9. The van der Waals surface area contributed by atoms with Crippen LogP contribution in [0, 0.1) is 0 Å². The van der Waals surface area contributed by atoms with Gasteiger partial charge in [-0.1, -0.05) is 40.2 Å². The molecule has 1 aliphatic rings. The predicted molar refractivity (Wildman–Crippen MR) is 113 cm³/mol. The molecule has 148 valence electrons. The highest BCUT2D eigenvalue weighted by atomic mass is 79.9. The topological polar surface area (TPSA) is 49.9 Å². The molecule has 0 saturated carbocycles. The fraction of sp³-hybridized carbons (Fsp3) is 0.364. The lowest BCUT2D eigenvalue weighted by molar-refractivity contribution is -0.132. The number of aryl methyl sites for hydroxylation is 1. The van der Waals surface area contributed by atoms with Gasteiger partial charge in [-0.15, -0.1) is 0 Å². The molecule has 0 aromatic heterocycles. The van der Waals surface area contributed by atoms with Crippen LogP contribution in [0.5, 0.6) is 5.75 Å². The van der Waals surface area contributed by atoms with Crippen LogP contribution >= 0.6 is 15.9 Å². The zero-order valence-electron chi connectivity index (χ0n) is 16.1. The van der Waals surface area contributed by atoms with Crippen molar-refractivity contribution >= 4 is 27.7 Å². The van der Waals surface area contributed by atoms with Crippen LogP contribution in [0.25, 0.3) is 0 Å². The minimum Gasteiger partial charge on any atom is -0.493 e. The molecule has 0 radical (unpaired) electrons. The second-order valence-corrected chi connectivity index (χ2v) is 7.65. The molecule has 1 saturated heterocycles. The Morgan fingerprint density at radius 1 is 1.00 bits per heavy atom. The lowest BCUT2D eigenvalue weighted by Crippen LogP contribution is -2.50. The molecule has 0 aliphatic carbocycles. The van der Waals surface area contributed by atoms with Crippen molar-refractivity contribution in [2.45, 2.75) is 19.8 Å². The van der Waals surface area contributed by atoms with Crippen molar-refractivity contribution in [1.82, 2.24) is 9.80 Å². The van der Waals surface area contributed by atoms with E-state index in [1.54, 1.807) is 11.0 Å². The molecule has 0 spiro atoms. The van der Waals surface area contributed by atoms with E-state index in [4.69, 9.17) is 4.74 Å². The summed E-state index contributed by atoms with van der Waals surface area (Å²) in [5.74, 6) is 0.717. The first-order valence-corrected chi connectivity index (χ1v) is 10.4. The van der Waals surface area contributed by atoms with E-state index in [9.17, 15) is 9.59 Å². The standard InChI is InChI=1S/C22H25BrN2O3/c1-2-28-20-9-4-3-8-19(20)22(27)25-14-12-24(13-15-25)21(26)11-10-17-6-5-7-18(23)16-17/h3-9,16H,2,10-15H2,1H3. The highest BCUT2D eigenvalue weighted by molar-refractivity contribution is 9.10. The molecular weight excluding hydrogens is 420 g/mol. The van der Waals surface area contributed by atoms with Gasteiger partial charge >= 0.3 is 0 Å². The number of ether oxygens (including phenoxy) is 1. The van der Waals surface area contributed by atoms with Gasteiger partial charge in [-0.3, -0.25) is 9.59 Å². The number of piperazine rings is 1. The number of hydrogen-bond acceptors (Lipinski definition) is 3. The van der Waals surface area contributed by atoms with Gasteiger partial charge in [-0.2, -0.15) is 0 Å². The number of halogens is 1. The minimum absolute atomic E-state index is 0.0368. The quantitative estimate of drug-likeness (QED) is 0.681. The van der Waals surface area contributed by atoms with Gasteiger partial charge in [0, 0.05) is 37.1 Å². The van der Waals surface area contributed by atoms with Crippen molar-refractivity contribution in [2.75, 3.05) is 32.8 Å². The van der Waals surface area contributed by atoms with Crippen LogP contribution in [0.1, 0.15) is 29.3 Å². The van der Waals surface area contributed by atoms with E-state index in [1.807, 2.05) is 54.3 Å². The lowest BCUT2D eigenvalue weighted by Gasteiger charge is -2.35. The third-order valence-electron chi connectivity index (χ3n) is 4.85. The summed E-state index contributed by atoms with van der Waals surface area (Å²) < 4.78 is 6.60. The monoisotopic (exact) mass is 444 g/mol. The molecular formula is C22H25BrN2O3. The number of benzene rings is 2. The molecule has 0 N–H and O–H groups in total. The maximum Gasteiger partial charge on any atom is 0.257 e. The Morgan fingerprint density at radius 3 is 2.43 bits per heavy atom. The van der Waals surface area contributed by atoms with E-state index < -0.39 is 0 Å². The third-order valence-corrected chi connectivity index (χ3v) is 5.35. The zero-order chi connectivity index (χ0) is 19.9. The molecule has 0 bridgehead atoms. The first kappa shape index (κ1) is 20.4. The van der Waals surface area contributed by atoms with E-state index in [2.05, 4.69) is 15.9 Å². The van der Waals surface area contributed by atoms with Gasteiger partial charge in [0.2, 0.25) is 5.91 Å². The Balaban J connectivity index is 1.52. The molecule has 3 rings (SSSR count). The Morgan fingerprint density at radius 2 is 1.71 bits per heavy atom. The number of carbonyl (C=O) groups excluding carboxylic acids is 2. The fourth-order valence-corrected chi connectivity index (χ4v) is 3.80. The van der Waals surface area contributed by atoms with Crippen LogP contribution in [0.3, 0.4) is 0 Å². The largest absolute Gasteiger partial charge is 0.493 e. The summed E-state index contributed by atoms with van der Waals surface area (Å²) >= 11 is 3.46. The Labute approximate surface area is 174 Å². The minimum atomic E-state index is -0.0368. The van der Waals surface area contributed by atoms with Gasteiger partial charge in [-0.05, 0) is 43.2 Å². The Bertz CT molecular complexity index is 832. The van der Waals surface area contributed by atoms with Gasteiger partial charge in [0.1, 0.15) is 5.75 Å². The van der Waals surface area contributed by atoms with Crippen molar-refractivity contribution < 1.29 is 14.3 Å². The fourth-order valence-electron chi connectivity index (χ4n) is 3.36. The van der Waals surface area contributed by atoms with Crippen molar-refractivity contribution in [1.29, 1.82) is 0 Å². The summed E-state index contributed by atoms with van der Waals surface area (Å²) in [5.41, 5.74) is 1.72. The Kier molecular flexibility index (Phi) is 7.09. The van der Waals surface area contributed by atoms with Crippen molar-refractivity contribution in [3.63, 3.8) is 0 Å². The summed E-state index contributed by atoms with van der Waals surface area (Å²) in [6, 6.07) is 15.4. The van der Waals surface area contributed by atoms with Crippen LogP contribution in [-0.4, -0.2) is 54.4 Å². The molecule has 5 nitrogen and oxygen atoms in total. The van der Waals surface area contributed by atoms with Gasteiger partial charge in [-0.25, -0.2) is 0 Å². The van der Waals surface area contributed by atoms with Crippen molar-refractivity contribution in [3.05, 3.63) is 64.1 Å². The highest BCUT2D eigenvalue weighted by Crippen LogP contribution is 2.21. The summed E-state index contributed by atoms with van der Waals surface area (Å²) in [6.07, 6.45) is 1.21. The van der Waals surface area contributed by atoms with Crippen LogP contribution in [0.2, 0.25) is 0 Å². The molecule has 1 heterocycles. The van der Waals surface area contributed by atoms with Gasteiger partial charge < -0.3 is 14.5 Å². The predicted octanol–water partition coefficient (Wildman–Crippen LogP) is 3.77. The number of amides is 2. The Hall–Kier alpha value is -2.34. The van der Waals surface area contributed by atoms with Crippen LogP contribution in [0.4, 0.5) is 0 Å².